The maximum absolute atomic E-state index is 14.2. The minimum Gasteiger partial charge on any atom is -0.480 e. The Morgan fingerprint density at radius 3 is 2.33 bits per heavy atom. The van der Waals surface area contributed by atoms with E-state index in [1.54, 1.807) is 13.1 Å². The number of carbonyl (C=O) groups excluding carboxylic acids is 4. The summed E-state index contributed by atoms with van der Waals surface area (Å²) >= 11 is 0. The smallest absolute Gasteiger partial charge is 0.330 e. The fraction of sp³-hybridized carbons (Fsp3) is 0.400. The molecule has 1 saturated heterocycles. The van der Waals surface area contributed by atoms with Crippen LogP contribution in [0.1, 0.15) is 51.0 Å². The van der Waals surface area contributed by atoms with Gasteiger partial charge < -0.3 is 51.8 Å². The molecule has 1 aliphatic heterocycles. The van der Waals surface area contributed by atoms with E-state index in [0.717, 1.165) is 37.9 Å². The third-order valence-electron chi connectivity index (χ3n) is 11.4. The second-order valence-electron chi connectivity index (χ2n) is 16.6. The number of ether oxygens (including phenoxy) is 1. The lowest BCUT2D eigenvalue weighted by molar-refractivity contribution is -0.139. The van der Waals surface area contributed by atoms with Crippen molar-refractivity contribution in [2.45, 2.75) is 95.1 Å². The Morgan fingerprint density at radius 2 is 1.61 bits per heavy atom. The molecule has 5 aromatic rings. The largest absolute Gasteiger partial charge is 0.480 e. The fourth-order valence-corrected chi connectivity index (χ4v) is 7.90. The zero-order valence-electron chi connectivity index (χ0n) is 35.9. The van der Waals surface area contributed by atoms with Crippen molar-refractivity contribution in [1.29, 1.82) is 0 Å². The Morgan fingerprint density at radius 1 is 0.906 bits per heavy atom. The Kier molecular flexibility index (Phi) is 15.0. The van der Waals surface area contributed by atoms with Gasteiger partial charge in [-0.25, -0.2) is 14.4 Å². The number of fused-ring (bicyclic) bond motifs is 2. The van der Waals surface area contributed by atoms with Crippen LogP contribution in [-0.2, 0) is 36.8 Å². The van der Waals surface area contributed by atoms with Crippen molar-refractivity contribution in [2.24, 2.45) is 11.7 Å². The Bertz CT molecular complexity index is 2610. The molecule has 2 aromatic heterocycles. The van der Waals surface area contributed by atoms with E-state index < -0.39 is 89.6 Å². The van der Waals surface area contributed by atoms with E-state index in [0.29, 0.717) is 5.56 Å². The van der Waals surface area contributed by atoms with Crippen LogP contribution in [0.2, 0.25) is 0 Å². The van der Waals surface area contributed by atoms with Gasteiger partial charge in [-0.15, -0.1) is 0 Å². The zero-order valence-corrected chi connectivity index (χ0v) is 35.9. The molecule has 0 saturated carbocycles. The number of aliphatic carboxylic acids is 1. The van der Waals surface area contributed by atoms with Crippen molar-refractivity contribution < 1.29 is 38.9 Å². The molecular weight excluding hydrogens is 827 g/mol. The predicted molar refractivity (Wildman–Crippen MR) is 237 cm³/mol. The van der Waals surface area contributed by atoms with Gasteiger partial charge in [0.2, 0.25) is 17.7 Å². The van der Waals surface area contributed by atoms with Gasteiger partial charge in [0.05, 0.1) is 18.2 Å². The van der Waals surface area contributed by atoms with Gasteiger partial charge >= 0.3 is 17.7 Å². The van der Waals surface area contributed by atoms with Gasteiger partial charge in [-0.05, 0) is 53.6 Å². The summed E-state index contributed by atoms with van der Waals surface area (Å²) < 4.78 is 6.92. The minimum atomic E-state index is -1.44. The number of nitrogens with zero attached hydrogens (tertiary/aromatic N) is 2. The van der Waals surface area contributed by atoms with Crippen LogP contribution in [-0.4, -0.2) is 115 Å². The van der Waals surface area contributed by atoms with E-state index in [4.69, 9.17) is 10.5 Å². The van der Waals surface area contributed by atoms with E-state index in [-0.39, 0.29) is 38.1 Å². The molecule has 0 radical (unpaired) electrons. The minimum absolute atomic E-state index is 0.00174. The average molecular weight is 882 g/mol. The Labute approximate surface area is 367 Å². The molecule has 10 N–H and O–H groups in total. The van der Waals surface area contributed by atoms with Gasteiger partial charge in [0.25, 0.3) is 5.56 Å². The van der Waals surface area contributed by atoms with Crippen molar-refractivity contribution in [3.8, 4) is 0 Å². The van der Waals surface area contributed by atoms with Gasteiger partial charge in [0.15, 0.2) is 6.23 Å². The highest BCUT2D eigenvalue weighted by atomic mass is 16.5. The van der Waals surface area contributed by atoms with Crippen LogP contribution in [0, 0.1) is 5.92 Å². The lowest BCUT2D eigenvalue weighted by Crippen LogP contribution is -2.63. The standard InChI is InChI=1S/C45H55N9O10/c1-24(2)17-34(49-44(62)50-35(43(60)61)20-29-22-47-33-12-8-7-11-31(29)33)39(57)52-38(40(58)48-23-30-21-36(55)42(64-30)54-16-15-37(56)51-45(54)63)25(3)53(4)41(59)32(46)19-26-13-14-27-9-5-6-10-28(27)18-26/h5-16,18,22,24-25,30,32,34-36,38,42,47,55H,17,19-21,23,46H2,1-4H3,(H,48,58)(H,52,57)(H,60,61)(H2,49,50,62)(H,51,56,63)/t25-,30+,32-,34-,35-,36+,38-,42+/m0/s1. The molecule has 19 heteroatoms. The van der Waals surface area contributed by atoms with Gasteiger partial charge in [0, 0.05) is 55.8 Å². The number of H-pyrrole nitrogens is 2. The molecule has 0 unspecified atom stereocenters. The van der Waals surface area contributed by atoms with Crippen LogP contribution in [0.4, 0.5) is 4.79 Å². The van der Waals surface area contributed by atoms with E-state index in [1.165, 1.54) is 18.1 Å². The first-order valence-electron chi connectivity index (χ1n) is 21.1. The van der Waals surface area contributed by atoms with Crippen LogP contribution in [0.3, 0.4) is 0 Å². The number of aliphatic hydroxyl groups is 1. The summed E-state index contributed by atoms with van der Waals surface area (Å²) in [6.45, 7) is 5.00. The number of aromatic amines is 2. The van der Waals surface area contributed by atoms with Gasteiger partial charge in [0.1, 0.15) is 24.2 Å². The first kappa shape index (κ1) is 46.7. The number of hydrogen-bond acceptors (Lipinski definition) is 10. The number of aliphatic hydroxyl groups excluding tert-OH is 1. The molecule has 0 bridgehead atoms. The predicted octanol–water partition coefficient (Wildman–Crippen LogP) is 1.25. The molecule has 340 valence electrons. The summed E-state index contributed by atoms with van der Waals surface area (Å²) in [7, 11) is 1.46. The lowest BCUT2D eigenvalue weighted by Gasteiger charge is -2.34. The molecule has 0 aliphatic carbocycles. The molecule has 6 rings (SSSR count). The monoisotopic (exact) mass is 881 g/mol. The first-order valence-corrected chi connectivity index (χ1v) is 21.1. The van der Waals surface area contributed by atoms with E-state index in [9.17, 15) is 43.8 Å². The molecule has 3 aromatic carbocycles. The third kappa shape index (κ3) is 11.4. The van der Waals surface area contributed by atoms with Crippen molar-refractivity contribution >= 4 is 51.4 Å². The molecule has 1 fully saturated rings. The maximum Gasteiger partial charge on any atom is 0.330 e. The van der Waals surface area contributed by atoms with E-state index in [1.807, 2.05) is 80.6 Å². The van der Waals surface area contributed by atoms with Crippen molar-refractivity contribution in [3.63, 3.8) is 0 Å². The summed E-state index contributed by atoms with van der Waals surface area (Å²) in [5.41, 5.74) is 7.32. The number of benzene rings is 3. The number of carbonyl (C=O) groups is 5. The van der Waals surface area contributed by atoms with E-state index in [2.05, 4.69) is 31.2 Å². The lowest BCUT2D eigenvalue weighted by atomic mass is 9.99. The molecule has 19 nitrogen and oxygen atoms in total. The molecule has 8 atom stereocenters. The quantitative estimate of drug-likeness (QED) is 0.0604. The summed E-state index contributed by atoms with van der Waals surface area (Å²) in [6, 6.07) is 14.9. The highest BCUT2D eigenvalue weighted by molar-refractivity contribution is 5.94. The number of aromatic nitrogens is 3. The SMILES string of the molecule is CC(C)C[C@H](NC(=O)N[C@@H](Cc1c[nH]c2ccccc12)C(=O)O)C(=O)N[C@H](C(=O)NC[C@H]1C[C@@H](O)[C@H](n2ccc(=O)[nH]c2=O)O1)[C@H](C)N(C)C(=O)[C@@H](N)Cc1ccc2ccccc2c1. The molecule has 5 amide bonds. The van der Waals surface area contributed by atoms with Gasteiger partial charge in [-0.3, -0.25) is 28.7 Å². The summed E-state index contributed by atoms with van der Waals surface area (Å²) in [6.07, 6.45) is -0.0735. The average Bonchev–Trinajstić information content (AvgIpc) is 3.85. The van der Waals surface area contributed by atoms with Crippen LogP contribution < -0.4 is 38.2 Å². The van der Waals surface area contributed by atoms with Crippen LogP contribution in [0.25, 0.3) is 21.7 Å². The summed E-state index contributed by atoms with van der Waals surface area (Å²) in [4.78, 5) is 98.5. The van der Waals surface area contributed by atoms with Crippen LogP contribution in [0.5, 0.6) is 0 Å². The van der Waals surface area contributed by atoms with Crippen molar-refractivity contribution in [1.82, 2.24) is 40.7 Å². The Balaban J connectivity index is 1.18. The number of urea groups is 1. The molecule has 3 heterocycles. The number of amides is 5. The number of para-hydroxylation sites is 1. The molecule has 0 spiro atoms. The second-order valence-corrected chi connectivity index (χ2v) is 16.6. The van der Waals surface area contributed by atoms with Gasteiger partial charge in [-0.1, -0.05) is 74.5 Å². The molecular formula is C45H55N9O10. The zero-order chi connectivity index (χ0) is 46.2. The van der Waals surface area contributed by atoms with E-state index >= 15 is 0 Å². The molecule has 64 heavy (non-hydrogen) atoms. The second kappa shape index (κ2) is 20.6. The fourth-order valence-electron chi connectivity index (χ4n) is 7.90. The maximum atomic E-state index is 14.2. The summed E-state index contributed by atoms with van der Waals surface area (Å²) in [5, 5.41) is 34.1. The highest BCUT2D eigenvalue weighted by Gasteiger charge is 2.39. The number of carboxylic acid groups (broad SMARTS) is 1. The highest BCUT2D eigenvalue weighted by Crippen LogP contribution is 2.27. The number of nitrogens with two attached hydrogens (primary N) is 1. The van der Waals surface area contributed by atoms with Crippen LogP contribution in [0.15, 0.2) is 94.8 Å². The molecule has 1 aliphatic rings. The van der Waals surface area contributed by atoms with Crippen LogP contribution >= 0.6 is 0 Å². The number of rotatable bonds is 18. The van der Waals surface area contributed by atoms with Crippen molar-refractivity contribution in [3.05, 3.63) is 117 Å². The number of likely N-dealkylation sites (N-methyl/N-ethyl adjacent to an activating group) is 1. The summed E-state index contributed by atoms with van der Waals surface area (Å²) in [5.74, 6) is -3.50. The first-order chi connectivity index (χ1) is 30.5. The Hall–Kier alpha value is -6.83. The number of nitrogens with one attached hydrogen (secondary N) is 6. The topological polar surface area (TPSA) is 283 Å². The van der Waals surface area contributed by atoms with Crippen molar-refractivity contribution in [2.75, 3.05) is 13.6 Å². The third-order valence-corrected chi connectivity index (χ3v) is 11.4. The normalized spacial score (nSPS) is 18.5. The van der Waals surface area contributed by atoms with Gasteiger partial charge in [-0.2, -0.15) is 0 Å². The number of carboxylic acids is 1. The number of hydrogen-bond donors (Lipinski definition) is 9.